The first kappa shape index (κ1) is 19.3. The Morgan fingerprint density at radius 2 is 1.25 bits per heavy atom. The summed E-state index contributed by atoms with van der Waals surface area (Å²) in [5.74, 6) is 1.12. The van der Waals surface area contributed by atoms with E-state index in [0.29, 0.717) is 0 Å². The van der Waals surface area contributed by atoms with Crippen LogP contribution in [0.15, 0.2) is 4.99 Å². The number of rotatable bonds is 14. The molecule has 20 heavy (non-hydrogen) atoms. The van der Waals surface area contributed by atoms with Crippen LogP contribution in [-0.2, 0) is 0 Å². The minimum Gasteiger partial charge on any atom is -0.370 e. The maximum absolute atomic E-state index is 5.36. The zero-order chi connectivity index (χ0) is 15.1. The van der Waals surface area contributed by atoms with E-state index >= 15 is 0 Å². The molecule has 0 aromatic heterocycles. The topological polar surface area (TPSA) is 64.4 Å². The van der Waals surface area contributed by atoms with Crippen molar-refractivity contribution in [2.75, 3.05) is 6.54 Å². The lowest BCUT2D eigenvalue weighted by Crippen LogP contribution is -2.23. The molecule has 3 heteroatoms. The van der Waals surface area contributed by atoms with Crippen molar-refractivity contribution >= 4 is 5.96 Å². The van der Waals surface area contributed by atoms with Gasteiger partial charge in [0, 0.05) is 6.54 Å². The van der Waals surface area contributed by atoms with Crippen LogP contribution in [0.1, 0.15) is 90.9 Å². The molecule has 0 aliphatic heterocycles. The Balaban J connectivity index is 3.78. The average molecular weight is 284 g/mol. The highest BCUT2D eigenvalue weighted by molar-refractivity contribution is 5.75. The Kier molecular flexibility index (Phi) is 14.1. The van der Waals surface area contributed by atoms with Gasteiger partial charge < -0.3 is 11.5 Å². The van der Waals surface area contributed by atoms with E-state index in [0.717, 1.165) is 18.9 Å². The second-order valence-electron chi connectivity index (χ2n) is 6.01. The molecule has 0 aliphatic rings. The quantitative estimate of drug-likeness (QED) is 0.278. The minimum absolute atomic E-state index is 0.229. The van der Waals surface area contributed by atoms with Crippen molar-refractivity contribution in [3.05, 3.63) is 0 Å². The van der Waals surface area contributed by atoms with E-state index in [4.69, 9.17) is 11.5 Å². The van der Waals surface area contributed by atoms with Gasteiger partial charge in [-0.1, -0.05) is 78.1 Å². The molecule has 0 fully saturated rings. The Hall–Kier alpha value is -0.730. The molecule has 3 nitrogen and oxygen atoms in total. The highest BCUT2D eigenvalue weighted by Gasteiger charge is 2.08. The van der Waals surface area contributed by atoms with Crippen molar-refractivity contribution in [3.8, 4) is 0 Å². The lowest BCUT2D eigenvalue weighted by molar-refractivity contribution is 0.377. The monoisotopic (exact) mass is 283 g/mol. The van der Waals surface area contributed by atoms with Gasteiger partial charge in [-0.05, 0) is 18.8 Å². The molecule has 4 N–H and O–H groups in total. The van der Waals surface area contributed by atoms with Gasteiger partial charge in [-0.2, -0.15) is 0 Å². The molecule has 0 unspecified atom stereocenters. The van der Waals surface area contributed by atoms with Crippen molar-refractivity contribution in [1.82, 2.24) is 0 Å². The summed E-state index contributed by atoms with van der Waals surface area (Å²) in [6.45, 7) is 5.35. The molecule has 0 aromatic rings. The Labute approximate surface area is 126 Å². The SMILES string of the molecule is CCCCCCC[C@@H](CCCCC)CCCN=C(N)N. The van der Waals surface area contributed by atoms with Crippen LogP contribution < -0.4 is 11.5 Å². The van der Waals surface area contributed by atoms with Crippen LogP contribution in [0, 0.1) is 5.92 Å². The van der Waals surface area contributed by atoms with E-state index in [1.807, 2.05) is 0 Å². The highest BCUT2D eigenvalue weighted by atomic mass is 15.0. The van der Waals surface area contributed by atoms with Crippen molar-refractivity contribution in [2.24, 2.45) is 22.4 Å². The van der Waals surface area contributed by atoms with Crippen molar-refractivity contribution in [2.45, 2.75) is 90.9 Å². The van der Waals surface area contributed by atoms with Crippen LogP contribution in [0.5, 0.6) is 0 Å². The zero-order valence-corrected chi connectivity index (χ0v) is 13.9. The summed E-state index contributed by atoms with van der Waals surface area (Å²) in [6.07, 6.45) is 16.2. The van der Waals surface area contributed by atoms with Gasteiger partial charge in [0.25, 0.3) is 0 Å². The van der Waals surface area contributed by atoms with Crippen LogP contribution >= 0.6 is 0 Å². The van der Waals surface area contributed by atoms with Gasteiger partial charge in [0.2, 0.25) is 0 Å². The third-order valence-corrected chi connectivity index (χ3v) is 4.00. The molecule has 120 valence electrons. The van der Waals surface area contributed by atoms with Crippen molar-refractivity contribution in [3.63, 3.8) is 0 Å². The summed E-state index contributed by atoms with van der Waals surface area (Å²) in [5, 5.41) is 0. The molecule has 0 bridgehead atoms. The molecular formula is C17H37N3. The molecule has 1 atom stereocenters. The number of nitrogens with two attached hydrogens (primary N) is 2. The number of nitrogens with zero attached hydrogens (tertiary/aromatic N) is 1. The Morgan fingerprint density at radius 1 is 0.750 bits per heavy atom. The van der Waals surface area contributed by atoms with Gasteiger partial charge in [-0.25, -0.2) is 0 Å². The lowest BCUT2D eigenvalue weighted by atomic mass is 9.90. The van der Waals surface area contributed by atoms with Crippen LogP contribution in [0.4, 0.5) is 0 Å². The maximum atomic E-state index is 5.36. The van der Waals surface area contributed by atoms with E-state index in [-0.39, 0.29) is 5.96 Å². The lowest BCUT2D eigenvalue weighted by Gasteiger charge is -2.16. The van der Waals surface area contributed by atoms with Gasteiger partial charge in [0.05, 0.1) is 0 Å². The molecule has 0 rings (SSSR count). The second-order valence-corrected chi connectivity index (χ2v) is 6.01. The highest BCUT2D eigenvalue weighted by Crippen LogP contribution is 2.22. The van der Waals surface area contributed by atoms with Crippen molar-refractivity contribution < 1.29 is 0 Å². The van der Waals surface area contributed by atoms with Crippen LogP contribution in [0.3, 0.4) is 0 Å². The van der Waals surface area contributed by atoms with Gasteiger partial charge in [-0.3, -0.25) is 4.99 Å². The van der Waals surface area contributed by atoms with Gasteiger partial charge >= 0.3 is 0 Å². The average Bonchev–Trinajstić information content (AvgIpc) is 2.42. The standard InChI is InChI=1S/C17H37N3/c1-3-5-7-8-10-13-16(12-9-6-4-2)14-11-15-20-17(18)19/h16H,3-15H2,1-2H3,(H4,18,19,20)/t16-/m1/s1. The van der Waals surface area contributed by atoms with Crippen molar-refractivity contribution in [1.29, 1.82) is 0 Å². The summed E-state index contributed by atoms with van der Waals surface area (Å²) in [6, 6.07) is 0. The molecule has 0 amide bonds. The molecule has 0 heterocycles. The summed E-state index contributed by atoms with van der Waals surface area (Å²) >= 11 is 0. The molecule has 0 saturated heterocycles. The number of unbranched alkanes of at least 4 members (excludes halogenated alkanes) is 6. The van der Waals surface area contributed by atoms with E-state index in [2.05, 4.69) is 18.8 Å². The van der Waals surface area contributed by atoms with Crippen LogP contribution in [0.2, 0.25) is 0 Å². The van der Waals surface area contributed by atoms with E-state index in [1.165, 1.54) is 70.6 Å². The predicted molar refractivity (Wildman–Crippen MR) is 90.9 cm³/mol. The van der Waals surface area contributed by atoms with E-state index in [1.54, 1.807) is 0 Å². The fraction of sp³-hybridized carbons (Fsp3) is 0.941. The van der Waals surface area contributed by atoms with Gasteiger partial charge in [0.15, 0.2) is 5.96 Å². The predicted octanol–water partition coefficient (Wildman–Crippen LogP) is 4.60. The number of guanidine groups is 1. The molecule has 0 radical (unpaired) electrons. The summed E-state index contributed by atoms with van der Waals surface area (Å²) in [4.78, 5) is 4.09. The largest absolute Gasteiger partial charge is 0.370 e. The maximum Gasteiger partial charge on any atom is 0.185 e. The summed E-state index contributed by atoms with van der Waals surface area (Å²) in [7, 11) is 0. The van der Waals surface area contributed by atoms with Gasteiger partial charge in [0.1, 0.15) is 0 Å². The fourth-order valence-corrected chi connectivity index (χ4v) is 2.74. The number of aliphatic imine (C=N–C) groups is 1. The second kappa shape index (κ2) is 14.7. The first-order valence-electron chi connectivity index (χ1n) is 8.76. The Bertz CT molecular complexity index is 222. The molecular weight excluding hydrogens is 246 g/mol. The fourth-order valence-electron chi connectivity index (χ4n) is 2.74. The van der Waals surface area contributed by atoms with E-state index < -0.39 is 0 Å². The molecule has 0 spiro atoms. The minimum atomic E-state index is 0.229. The third-order valence-electron chi connectivity index (χ3n) is 4.00. The molecule has 0 aliphatic carbocycles. The van der Waals surface area contributed by atoms with Gasteiger partial charge in [-0.15, -0.1) is 0 Å². The summed E-state index contributed by atoms with van der Waals surface area (Å²) in [5.41, 5.74) is 10.7. The number of hydrogen-bond acceptors (Lipinski definition) is 1. The molecule has 0 saturated carbocycles. The normalized spacial score (nSPS) is 12.3. The van der Waals surface area contributed by atoms with Crippen LogP contribution in [0.25, 0.3) is 0 Å². The molecule has 0 aromatic carbocycles. The Morgan fingerprint density at radius 3 is 1.85 bits per heavy atom. The van der Waals surface area contributed by atoms with E-state index in [9.17, 15) is 0 Å². The number of hydrogen-bond donors (Lipinski definition) is 2. The first-order valence-corrected chi connectivity index (χ1v) is 8.76. The summed E-state index contributed by atoms with van der Waals surface area (Å²) < 4.78 is 0. The van der Waals surface area contributed by atoms with Crippen LogP contribution in [-0.4, -0.2) is 12.5 Å². The smallest absolute Gasteiger partial charge is 0.185 e. The zero-order valence-electron chi connectivity index (χ0n) is 13.9. The first-order chi connectivity index (χ1) is 9.70. The third kappa shape index (κ3) is 13.7.